The van der Waals surface area contributed by atoms with Crippen LogP contribution < -0.4 is 0 Å². The lowest BCUT2D eigenvalue weighted by Gasteiger charge is -1.96. The topological polar surface area (TPSA) is 37.3 Å². The van der Waals surface area contributed by atoms with Gasteiger partial charge in [0.05, 0.1) is 0 Å². The van der Waals surface area contributed by atoms with Crippen molar-refractivity contribution in [1.82, 2.24) is 0 Å². The highest BCUT2D eigenvalue weighted by atomic mass is 16.4. The van der Waals surface area contributed by atoms with Crippen molar-refractivity contribution in [3.8, 4) is 0 Å². The van der Waals surface area contributed by atoms with Gasteiger partial charge >= 0.3 is 5.97 Å². The third-order valence-corrected chi connectivity index (χ3v) is 2.86. The molecular formula is C18H28O2. The van der Waals surface area contributed by atoms with Crippen LogP contribution >= 0.6 is 0 Å². The van der Waals surface area contributed by atoms with E-state index in [2.05, 4.69) is 31.2 Å². The van der Waals surface area contributed by atoms with E-state index >= 15 is 0 Å². The van der Waals surface area contributed by atoms with Crippen LogP contribution in [0.5, 0.6) is 0 Å². The summed E-state index contributed by atoms with van der Waals surface area (Å²) in [5, 5.41) is 8.45. The molecule has 0 aliphatic carbocycles. The second kappa shape index (κ2) is 15.5. The summed E-state index contributed by atoms with van der Waals surface area (Å²) >= 11 is 0. The highest BCUT2D eigenvalue weighted by Crippen LogP contribution is 2.06. The number of carboxylic acid groups (broad SMARTS) is 1. The van der Waals surface area contributed by atoms with Gasteiger partial charge in [0, 0.05) is 6.42 Å². The van der Waals surface area contributed by atoms with Crippen LogP contribution in [0.2, 0.25) is 0 Å². The lowest BCUT2D eigenvalue weighted by molar-refractivity contribution is -0.136. The number of aliphatic carboxylic acids is 1. The molecule has 0 aliphatic heterocycles. The van der Waals surface area contributed by atoms with Crippen molar-refractivity contribution in [2.75, 3.05) is 0 Å². The van der Waals surface area contributed by atoms with Crippen molar-refractivity contribution in [2.45, 2.75) is 58.3 Å². The van der Waals surface area contributed by atoms with E-state index in [1.165, 1.54) is 32.1 Å². The smallest absolute Gasteiger partial charge is 0.303 e. The maximum absolute atomic E-state index is 10.3. The fourth-order valence-electron chi connectivity index (χ4n) is 1.73. The average molecular weight is 276 g/mol. The van der Waals surface area contributed by atoms with Gasteiger partial charge in [-0.15, -0.1) is 0 Å². The van der Waals surface area contributed by atoms with E-state index in [0.717, 1.165) is 6.42 Å². The molecule has 0 bridgehead atoms. The van der Waals surface area contributed by atoms with E-state index in [0.29, 0.717) is 6.42 Å². The van der Waals surface area contributed by atoms with E-state index in [1.54, 1.807) is 0 Å². The first-order valence-electron chi connectivity index (χ1n) is 7.58. The Balaban J connectivity index is 3.36. The number of carboxylic acids is 1. The zero-order chi connectivity index (χ0) is 14.9. The summed E-state index contributed by atoms with van der Waals surface area (Å²) in [5.41, 5.74) is 0. The van der Waals surface area contributed by atoms with Gasteiger partial charge in [0.15, 0.2) is 0 Å². The summed E-state index contributed by atoms with van der Waals surface area (Å²) in [7, 11) is 0. The van der Waals surface area contributed by atoms with Gasteiger partial charge in [-0.3, -0.25) is 4.79 Å². The molecule has 0 aliphatic rings. The Labute approximate surface area is 123 Å². The number of rotatable bonds is 12. The number of unbranched alkanes of at least 4 members (excludes halogenated alkanes) is 5. The maximum atomic E-state index is 10.3. The SMILES string of the molecule is C/C=C/CCCCCC/C=C/C=C/C=C/CCC(=O)O. The number of hydrogen-bond donors (Lipinski definition) is 1. The monoisotopic (exact) mass is 276 g/mol. The van der Waals surface area contributed by atoms with Crippen LogP contribution in [0.15, 0.2) is 48.6 Å². The van der Waals surface area contributed by atoms with Crippen molar-refractivity contribution in [3.05, 3.63) is 48.6 Å². The Morgan fingerprint density at radius 3 is 1.90 bits per heavy atom. The van der Waals surface area contributed by atoms with E-state index in [4.69, 9.17) is 5.11 Å². The third-order valence-electron chi connectivity index (χ3n) is 2.86. The fraction of sp³-hybridized carbons (Fsp3) is 0.500. The molecule has 0 heterocycles. The summed E-state index contributed by atoms with van der Waals surface area (Å²) in [5.74, 6) is -0.746. The summed E-state index contributed by atoms with van der Waals surface area (Å²) in [6.07, 6.45) is 24.6. The first-order valence-corrected chi connectivity index (χ1v) is 7.58. The molecule has 0 atom stereocenters. The minimum atomic E-state index is -0.746. The fourth-order valence-corrected chi connectivity index (χ4v) is 1.73. The van der Waals surface area contributed by atoms with Crippen molar-refractivity contribution >= 4 is 5.97 Å². The molecule has 2 heteroatoms. The highest BCUT2D eigenvalue weighted by molar-refractivity contribution is 5.66. The molecule has 0 aromatic rings. The standard InChI is InChI=1S/C18H28O2/c1-2-3-4-5-6-7-8-9-10-11-12-13-14-15-16-17-18(19)20/h2-3,10-15H,4-9,16-17H2,1H3,(H,19,20)/b3-2+,11-10+,13-12+,15-14+. The number of carbonyl (C=O) groups is 1. The molecule has 0 saturated heterocycles. The molecule has 0 aromatic carbocycles. The van der Waals surface area contributed by atoms with Gasteiger partial charge in [-0.1, -0.05) is 61.4 Å². The Kier molecular flexibility index (Phi) is 14.3. The van der Waals surface area contributed by atoms with Crippen LogP contribution in [-0.2, 0) is 4.79 Å². The van der Waals surface area contributed by atoms with Crippen LogP contribution in [0.3, 0.4) is 0 Å². The predicted molar refractivity (Wildman–Crippen MR) is 86.8 cm³/mol. The summed E-state index contributed by atoms with van der Waals surface area (Å²) in [4.78, 5) is 10.3. The van der Waals surface area contributed by atoms with E-state index < -0.39 is 5.97 Å². The largest absolute Gasteiger partial charge is 0.481 e. The molecule has 0 aromatic heterocycles. The zero-order valence-electron chi connectivity index (χ0n) is 12.6. The molecule has 0 amide bonds. The Hall–Kier alpha value is -1.57. The minimum absolute atomic E-state index is 0.203. The van der Waals surface area contributed by atoms with Crippen molar-refractivity contribution in [3.63, 3.8) is 0 Å². The van der Waals surface area contributed by atoms with Crippen molar-refractivity contribution in [2.24, 2.45) is 0 Å². The quantitative estimate of drug-likeness (QED) is 0.293. The molecule has 0 unspecified atom stereocenters. The van der Waals surface area contributed by atoms with Gasteiger partial charge in [0.2, 0.25) is 0 Å². The summed E-state index contributed by atoms with van der Waals surface area (Å²) in [6, 6.07) is 0. The average Bonchev–Trinajstić information content (AvgIpc) is 2.43. The van der Waals surface area contributed by atoms with Gasteiger partial charge < -0.3 is 5.11 Å². The molecule has 0 rings (SSSR count). The number of allylic oxidation sites excluding steroid dienone is 8. The summed E-state index contributed by atoms with van der Waals surface area (Å²) in [6.45, 7) is 2.07. The Bertz CT molecular complexity index is 335. The third kappa shape index (κ3) is 16.4. The van der Waals surface area contributed by atoms with Crippen molar-refractivity contribution in [1.29, 1.82) is 0 Å². The van der Waals surface area contributed by atoms with Gasteiger partial charge in [-0.25, -0.2) is 0 Å². The predicted octanol–water partition coefficient (Wildman–Crippen LogP) is 5.44. The number of hydrogen-bond acceptors (Lipinski definition) is 1. The molecule has 0 saturated carbocycles. The van der Waals surface area contributed by atoms with Gasteiger partial charge in [-0.2, -0.15) is 0 Å². The molecule has 20 heavy (non-hydrogen) atoms. The zero-order valence-corrected chi connectivity index (χ0v) is 12.6. The van der Waals surface area contributed by atoms with Crippen LogP contribution in [0.1, 0.15) is 58.3 Å². The lowest BCUT2D eigenvalue weighted by atomic mass is 10.1. The minimum Gasteiger partial charge on any atom is -0.481 e. The van der Waals surface area contributed by atoms with Crippen LogP contribution in [0.4, 0.5) is 0 Å². The molecular weight excluding hydrogens is 248 g/mol. The van der Waals surface area contributed by atoms with Crippen LogP contribution in [0.25, 0.3) is 0 Å². The molecule has 112 valence electrons. The first-order chi connectivity index (χ1) is 9.77. The normalized spacial score (nSPS) is 12.4. The van der Waals surface area contributed by atoms with Gasteiger partial charge in [0.1, 0.15) is 0 Å². The Morgan fingerprint density at radius 1 is 0.800 bits per heavy atom. The van der Waals surface area contributed by atoms with Gasteiger partial charge in [0.25, 0.3) is 0 Å². The highest BCUT2D eigenvalue weighted by Gasteiger charge is 1.90. The molecule has 0 radical (unpaired) electrons. The van der Waals surface area contributed by atoms with Crippen LogP contribution in [-0.4, -0.2) is 11.1 Å². The maximum Gasteiger partial charge on any atom is 0.303 e. The van der Waals surface area contributed by atoms with Gasteiger partial charge in [-0.05, 0) is 39.0 Å². The second-order valence-corrected chi connectivity index (χ2v) is 4.73. The molecule has 2 nitrogen and oxygen atoms in total. The summed E-state index contributed by atoms with van der Waals surface area (Å²) < 4.78 is 0. The van der Waals surface area contributed by atoms with Crippen molar-refractivity contribution < 1.29 is 9.90 Å². The second-order valence-electron chi connectivity index (χ2n) is 4.73. The van der Waals surface area contributed by atoms with Crippen LogP contribution in [0, 0.1) is 0 Å². The first kappa shape index (κ1) is 18.4. The molecule has 0 fully saturated rings. The van der Waals surface area contributed by atoms with E-state index in [1.807, 2.05) is 24.3 Å². The Morgan fingerprint density at radius 2 is 1.35 bits per heavy atom. The molecule has 1 N–H and O–H groups in total. The van der Waals surface area contributed by atoms with E-state index in [9.17, 15) is 4.79 Å². The van der Waals surface area contributed by atoms with E-state index in [-0.39, 0.29) is 6.42 Å². The lowest BCUT2D eigenvalue weighted by Crippen LogP contribution is -1.91. The molecule has 0 spiro atoms.